The van der Waals surface area contributed by atoms with E-state index in [0.29, 0.717) is 22.7 Å². The van der Waals surface area contributed by atoms with E-state index in [1.807, 2.05) is 56.3 Å². The van der Waals surface area contributed by atoms with E-state index in [2.05, 4.69) is 10.6 Å². The number of rotatable bonds is 8. The summed E-state index contributed by atoms with van der Waals surface area (Å²) in [5.74, 6) is 0.692. The Morgan fingerprint density at radius 1 is 0.844 bits per heavy atom. The van der Waals surface area contributed by atoms with E-state index in [9.17, 15) is 9.59 Å². The molecule has 3 rings (SSSR count). The van der Waals surface area contributed by atoms with Gasteiger partial charge in [-0.05, 0) is 67.9 Å². The molecule has 0 aliphatic heterocycles. The van der Waals surface area contributed by atoms with Crippen LogP contribution in [0, 0.1) is 6.92 Å². The van der Waals surface area contributed by atoms with Crippen LogP contribution in [0.3, 0.4) is 0 Å². The van der Waals surface area contributed by atoms with Gasteiger partial charge in [-0.15, -0.1) is 11.8 Å². The molecular weight excluding hydrogens is 424 g/mol. The van der Waals surface area contributed by atoms with Gasteiger partial charge in [0.1, 0.15) is 0 Å². The Morgan fingerprint density at radius 3 is 2.22 bits per heavy atom. The average Bonchev–Trinajstić information content (AvgIpc) is 2.78. The predicted molar refractivity (Wildman–Crippen MR) is 129 cm³/mol. The predicted octanol–water partition coefficient (Wildman–Crippen LogP) is 5.38. The molecule has 2 N–H and O–H groups in total. The van der Waals surface area contributed by atoms with E-state index < -0.39 is 0 Å². The Kier molecular flexibility index (Phi) is 7.78. The largest absolute Gasteiger partial charge is 0.493 e. The van der Waals surface area contributed by atoms with Gasteiger partial charge in [-0.25, -0.2) is 0 Å². The first-order chi connectivity index (χ1) is 15.4. The molecule has 7 heteroatoms. The number of hydrogen-bond donors (Lipinski definition) is 2. The Bertz CT molecular complexity index is 1120. The fraction of sp³-hybridized carbons (Fsp3) is 0.200. The normalized spacial score (nSPS) is 11.4. The molecule has 1 atom stereocenters. The molecule has 2 amide bonds. The number of carbonyl (C=O) groups excluding carboxylic acids is 2. The van der Waals surface area contributed by atoms with Crippen LogP contribution in [0.1, 0.15) is 22.8 Å². The monoisotopic (exact) mass is 450 g/mol. The highest BCUT2D eigenvalue weighted by atomic mass is 32.2. The number of carbonyl (C=O) groups is 2. The fourth-order valence-electron chi connectivity index (χ4n) is 3.05. The summed E-state index contributed by atoms with van der Waals surface area (Å²) in [5.41, 5.74) is 2.95. The van der Waals surface area contributed by atoms with Gasteiger partial charge in [0.05, 0.1) is 19.5 Å². The van der Waals surface area contributed by atoms with Crippen LogP contribution in [0.15, 0.2) is 71.6 Å². The number of aryl methyl sites for hydroxylation is 1. The zero-order valence-corrected chi connectivity index (χ0v) is 19.3. The summed E-state index contributed by atoms with van der Waals surface area (Å²) < 4.78 is 10.5. The molecule has 0 aromatic heterocycles. The summed E-state index contributed by atoms with van der Waals surface area (Å²) in [7, 11) is 3.07. The zero-order chi connectivity index (χ0) is 23.1. The molecular formula is C25H26N2O4S. The number of thioether (sulfide) groups is 1. The van der Waals surface area contributed by atoms with Crippen molar-refractivity contribution in [1.82, 2.24) is 0 Å². The molecule has 0 saturated carbocycles. The van der Waals surface area contributed by atoms with Crippen LogP contribution < -0.4 is 20.1 Å². The van der Waals surface area contributed by atoms with Crippen molar-refractivity contribution in [2.45, 2.75) is 24.0 Å². The smallest absolute Gasteiger partial charge is 0.255 e. The van der Waals surface area contributed by atoms with Gasteiger partial charge in [-0.3, -0.25) is 9.59 Å². The lowest BCUT2D eigenvalue weighted by Crippen LogP contribution is -2.22. The van der Waals surface area contributed by atoms with Gasteiger partial charge in [0.2, 0.25) is 5.91 Å². The second-order valence-electron chi connectivity index (χ2n) is 7.17. The van der Waals surface area contributed by atoms with Crippen LogP contribution in [0.25, 0.3) is 0 Å². The van der Waals surface area contributed by atoms with Crippen molar-refractivity contribution < 1.29 is 19.1 Å². The topological polar surface area (TPSA) is 76.7 Å². The molecule has 0 saturated heterocycles. The minimum Gasteiger partial charge on any atom is -0.493 e. The van der Waals surface area contributed by atoms with E-state index in [1.165, 1.54) is 18.9 Å². The number of ether oxygens (including phenoxy) is 2. The third-order valence-corrected chi connectivity index (χ3v) is 5.80. The van der Waals surface area contributed by atoms with Gasteiger partial charge in [-0.1, -0.05) is 18.2 Å². The standard InChI is InChI=1S/C25H26N2O4S/c1-16-7-5-8-19(13-16)26-24(28)17(2)32-21-10-6-9-20(15-21)27-25(29)18-11-12-22(30-3)23(14-18)31-4/h5-15,17H,1-4H3,(H,26,28)(H,27,29). The maximum absolute atomic E-state index is 12.7. The first kappa shape index (κ1) is 23.2. The number of nitrogens with one attached hydrogen (secondary N) is 2. The number of methoxy groups -OCH3 is 2. The summed E-state index contributed by atoms with van der Waals surface area (Å²) in [5, 5.41) is 5.51. The van der Waals surface area contributed by atoms with Crippen LogP contribution in [-0.4, -0.2) is 31.3 Å². The molecule has 0 fully saturated rings. The van der Waals surface area contributed by atoms with Gasteiger partial charge >= 0.3 is 0 Å². The lowest BCUT2D eigenvalue weighted by atomic mass is 10.2. The second kappa shape index (κ2) is 10.7. The van der Waals surface area contributed by atoms with Crippen molar-refractivity contribution in [1.29, 1.82) is 0 Å². The zero-order valence-electron chi connectivity index (χ0n) is 18.5. The summed E-state index contributed by atoms with van der Waals surface area (Å²) >= 11 is 1.42. The summed E-state index contributed by atoms with van der Waals surface area (Å²) in [6.45, 7) is 3.83. The van der Waals surface area contributed by atoms with Crippen molar-refractivity contribution in [3.05, 3.63) is 77.9 Å². The minimum atomic E-state index is -0.313. The minimum absolute atomic E-state index is 0.0830. The molecule has 3 aromatic rings. The van der Waals surface area contributed by atoms with Crippen LogP contribution in [-0.2, 0) is 4.79 Å². The number of amides is 2. The first-order valence-corrected chi connectivity index (χ1v) is 10.9. The van der Waals surface area contributed by atoms with Crippen molar-refractivity contribution in [2.75, 3.05) is 24.9 Å². The molecule has 0 spiro atoms. The van der Waals surface area contributed by atoms with Gasteiger partial charge in [0, 0.05) is 21.8 Å². The third-order valence-electron chi connectivity index (χ3n) is 4.71. The molecule has 0 radical (unpaired) electrons. The highest BCUT2D eigenvalue weighted by Gasteiger charge is 2.16. The summed E-state index contributed by atoms with van der Waals surface area (Å²) in [6.07, 6.45) is 0. The molecule has 1 unspecified atom stereocenters. The van der Waals surface area contributed by atoms with Crippen molar-refractivity contribution >= 4 is 35.0 Å². The quantitative estimate of drug-likeness (QED) is 0.451. The third kappa shape index (κ3) is 6.04. The van der Waals surface area contributed by atoms with Crippen LogP contribution in [0.4, 0.5) is 11.4 Å². The summed E-state index contributed by atoms with van der Waals surface area (Å²) in [6, 6.07) is 20.1. The van der Waals surface area contributed by atoms with E-state index in [0.717, 1.165) is 16.1 Å². The number of hydrogen-bond acceptors (Lipinski definition) is 5. The number of anilines is 2. The Hall–Kier alpha value is -3.45. The van der Waals surface area contributed by atoms with Crippen molar-refractivity contribution in [3.8, 4) is 11.5 Å². The fourth-order valence-corrected chi connectivity index (χ4v) is 3.98. The molecule has 0 aliphatic carbocycles. The lowest BCUT2D eigenvalue weighted by molar-refractivity contribution is -0.115. The molecule has 0 bridgehead atoms. The first-order valence-electron chi connectivity index (χ1n) is 10.1. The molecule has 166 valence electrons. The van der Waals surface area contributed by atoms with E-state index in [1.54, 1.807) is 31.4 Å². The van der Waals surface area contributed by atoms with Gasteiger partial charge in [0.15, 0.2) is 11.5 Å². The highest BCUT2D eigenvalue weighted by molar-refractivity contribution is 8.00. The Morgan fingerprint density at radius 2 is 1.53 bits per heavy atom. The van der Waals surface area contributed by atoms with Crippen molar-refractivity contribution in [3.63, 3.8) is 0 Å². The Balaban J connectivity index is 1.64. The highest BCUT2D eigenvalue weighted by Crippen LogP contribution is 2.29. The molecule has 0 aliphatic rings. The van der Waals surface area contributed by atoms with Crippen molar-refractivity contribution in [2.24, 2.45) is 0 Å². The molecule has 0 heterocycles. The lowest BCUT2D eigenvalue weighted by Gasteiger charge is -2.14. The maximum atomic E-state index is 12.7. The van der Waals surface area contributed by atoms with Crippen LogP contribution in [0.2, 0.25) is 0 Å². The van der Waals surface area contributed by atoms with E-state index in [4.69, 9.17) is 9.47 Å². The number of benzene rings is 3. The maximum Gasteiger partial charge on any atom is 0.255 e. The van der Waals surface area contributed by atoms with Gasteiger partial charge < -0.3 is 20.1 Å². The van der Waals surface area contributed by atoms with Gasteiger partial charge in [0.25, 0.3) is 5.91 Å². The molecule has 32 heavy (non-hydrogen) atoms. The van der Waals surface area contributed by atoms with E-state index >= 15 is 0 Å². The second-order valence-corrected chi connectivity index (χ2v) is 8.58. The SMILES string of the molecule is COc1ccc(C(=O)Nc2cccc(SC(C)C(=O)Nc3cccc(C)c3)c2)cc1OC. The molecule has 6 nitrogen and oxygen atoms in total. The van der Waals surface area contributed by atoms with Crippen LogP contribution in [0.5, 0.6) is 11.5 Å². The van der Waals surface area contributed by atoms with Gasteiger partial charge in [-0.2, -0.15) is 0 Å². The Labute approximate surface area is 192 Å². The summed E-state index contributed by atoms with van der Waals surface area (Å²) in [4.78, 5) is 26.1. The van der Waals surface area contributed by atoms with Crippen LogP contribution >= 0.6 is 11.8 Å². The molecule has 3 aromatic carbocycles. The average molecular weight is 451 g/mol. The van der Waals surface area contributed by atoms with E-state index in [-0.39, 0.29) is 17.1 Å².